The average Bonchev–Trinajstić information content (AvgIpc) is 2.29. The molecule has 0 amide bonds. The van der Waals surface area contributed by atoms with E-state index in [-0.39, 0.29) is 5.41 Å². The number of nitrogens with one attached hydrogen (secondary N) is 1. The van der Waals surface area contributed by atoms with E-state index in [1.165, 1.54) is 17.5 Å². The summed E-state index contributed by atoms with van der Waals surface area (Å²) in [6, 6.07) is 6.49. The first-order valence-corrected chi connectivity index (χ1v) is 6.37. The maximum Gasteiger partial charge on any atom is 0.122 e. The standard InChI is InChI=1S/C15H25NO/c1-6-9-16-11-15(3,4)13-8-7-12(2)14(10-13)17-5/h7-8,10,16H,6,9,11H2,1-5H3. The molecule has 0 heterocycles. The summed E-state index contributed by atoms with van der Waals surface area (Å²) in [5, 5.41) is 3.49. The second-order valence-corrected chi connectivity index (χ2v) is 5.25. The van der Waals surface area contributed by atoms with Crippen LogP contribution in [0.3, 0.4) is 0 Å². The van der Waals surface area contributed by atoms with Crippen LogP contribution in [-0.2, 0) is 5.41 Å². The van der Waals surface area contributed by atoms with Gasteiger partial charge in [-0.2, -0.15) is 0 Å². The highest BCUT2D eigenvalue weighted by molar-refractivity contribution is 5.39. The van der Waals surface area contributed by atoms with Crippen molar-refractivity contribution in [2.75, 3.05) is 20.2 Å². The largest absolute Gasteiger partial charge is 0.496 e. The van der Waals surface area contributed by atoms with Gasteiger partial charge < -0.3 is 10.1 Å². The van der Waals surface area contributed by atoms with Crippen molar-refractivity contribution in [3.8, 4) is 5.75 Å². The molecule has 0 aliphatic heterocycles. The molecular weight excluding hydrogens is 210 g/mol. The van der Waals surface area contributed by atoms with Crippen LogP contribution in [0.2, 0.25) is 0 Å². The molecule has 0 aliphatic rings. The summed E-state index contributed by atoms with van der Waals surface area (Å²) >= 11 is 0. The first-order chi connectivity index (χ1) is 8.01. The van der Waals surface area contributed by atoms with Gasteiger partial charge in [0.05, 0.1) is 7.11 Å². The molecule has 0 saturated heterocycles. The van der Waals surface area contributed by atoms with Gasteiger partial charge >= 0.3 is 0 Å². The predicted molar refractivity (Wildman–Crippen MR) is 73.9 cm³/mol. The first-order valence-electron chi connectivity index (χ1n) is 6.37. The molecule has 0 fully saturated rings. The molecular formula is C15H25NO. The highest BCUT2D eigenvalue weighted by atomic mass is 16.5. The zero-order chi connectivity index (χ0) is 12.9. The van der Waals surface area contributed by atoms with Crippen molar-refractivity contribution in [3.05, 3.63) is 29.3 Å². The van der Waals surface area contributed by atoms with E-state index >= 15 is 0 Å². The van der Waals surface area contributed by atoms with Gasteiger partial charge in [-0.05, 0) is 37.1 Å². The van der Waals surface area contributed by atoms with Gasteiger partial charge in [-0.15, -0.1) is 0 Å². The van der Waals surface area contributed by atoms with Gasteiger partial charge in [-0.25, -0.2) is 0 Å². The van der Waals surface area contributed by atoms with E-state index in [0.29, 0.717) is 0 Å². The topological polar surface area (TPSA) is 21.3 Å². The van der Waals surface area contributed by atoms with Crippen molar-refractivity contribution in [1.82, 2.24) is 5.32 Å². The van der Waals surface area contributed by atoms with Crippen LogP contribution in [0.1, 0.15) is 38.3 Å². The maximum atomic E-state index is 5.39. The molecule has 0 aliphatic carbocycles. The summed E-state index contributed by atoms with van der Waals surface area (Å²) in [4.78, 5) is 0. The molecule has 0 atom stereocenters. The van der Waals surface area contributed by atoms with Crippen LogP contribution in [0.25, 0.3) is 0 Å². The zero-order valence-electron chi connectivity index (χ0n) is 11.8. The minimum atomic E-state index is 0.135. The lowest BCUT2D eigenvalue weighted by molar-refractivity contribution is 0.407. The molecule has 1 aromatic carbocycles. The maximum absolute atomic E-state index is 5.39. The van der Waals surface area contributed by atoms with E-state index in [1.54, 1.807) is 7.11 Å². The Morgan fingerprint density at radius 2 is 2.00 bits per heavy atom. The SMILES string of the molecule is CCCNCC(C)(C)c1ccc(C)c(OC)c1. The van der Waals surface area contributed by atoms with E-state index in [1.807, 2.05) is 0 Å². The monoisotopic (exact) mass is 235 g/mol. The van der Waals surface area contributed by atoms with Gasteiger partial charge in [0.1, 0.15) is 5.75 Å². The van der Waals surface area contributed by atoms with Gasteiger partial charge in [0.15, 0.2) is 0 Å². The molecule has 2 nitrogen and oxygen atoms in total. The van der Waals surface area contributed by atoms with E-state index in [0.717, 1.165) is 18.8 Å². The van der Waals surface area contributed by atoms with Crippen molar-refractivity contribution in [2.24, 2.45) is 0 Å². The quantitative estimate of drug-likeness (QED) is 0.764. The lowest BCUT2D eigenvalue weighted by atomic mass is 9.84. The van der Waals surface area contributed by atoms with E-state index < -0.39 is 0 Å². The molecule has 0 unspecified atom stereocenters. The summed E-state index contributed by atoms with van der Waals surface area (Å²) in [6.07, 6.45) is 1.17. The normalized spacial score (nSPS) is 11.6. The fraction of sp³-hybridized carbons (Fsp3) is 0.600. The minimum absolute atomic E-state index is 0.135. The van der Waals surface area contributed by atoms with E-state index in [4.69, 9.17) is 4.74 Å². The second-order valence-electron chi connectivity index (χ2n) is 5.25. The number of hydrogen-bond donors (Lipinski definition) is 1. The molecule has 0 saturated carbocycles. The van der Waals surface area contributed by atoms with Crippen LogP contribution in [0.15, 0.2) is 18.2 Å². The predicted octanol–water partition coefficient (Wildman–Crippen LogP) is 3.28. The van der Waals surface area contributed by atoms with Gasteiger partial charge in [-0.3, -0.25) is 0 Å². The number of aryl methyl sites for hydroxylation is 1. The number of rotatable bonds is 6. The van der Waals surface area contributed by atoms with Crippen LogP contribution in [0.4, 0.5) is 0 Å². The molecule has 1 aromatic rings. The van der Waals surface area contributed by atoms with E-state index in [2.05, 4.69) is 51.2 Å². The van der Waals surface area contributed by atoms with Crippen molar-refractivity contribution in [3.63, 3.8) is 0 Å². The molecule has 1 N–H and O–H groups in total. The van der Waals surface area contributed by atoms with Crippen LogP contribution >= 0.6 is 0 Å². The van der Waals surface area contributed by atoms with Crippen molar-refractivity contribution >= 4 is 0 Å². The smallest absolute Gasteiger partial charge is 0.122 e. The second kappa shape index (κ2) is 6.06. The minimum Gasteiger partial charge on any atom is -0.496 e. The Morgan fingerprint density at radius 3 is 2.59 bits per heavy atom. The molecule has 96 valence electrons. The van der Waals surface area contributed by atoms with Crippen molar-refractivity contribution < 1.29 is 4.74 Å². The van der Waals surface area contributed by atoms with Crippen LogP contribution in [-0.4, -0.2) is 20.2 Å². The van der Waals surface area contributed by atoms with E-state index in [9.17, 15) is 0 Å². The van der Waals surface area contributed by atoms with Gasteiger partial charge in [0.2, 0.25) is 0 Å². The Bertz CT molecular complexity index is 358. The lowest BCUT2D eigenvalue weighted by Crippen LogP contribution is -2.33. The Balaban J connectivity index is 2.82. The third-order valence-corrected chi connectivity index (χ3v) is 3.18. The van der Waals surface area contributed by atoms with Crippen LogP contribution in [0.5, 0.6) is 5.75 Å². The fourth-order valence-corrected chi connectivity index (χ4v) is 1.92. The number of hydrogen-bond acceptors (Lipinski definition) is 2. The molecule has 17 heavy (non-hydrogen) atoms. The summed E-state index contributed by atoms with van der Waals surface area (Å²) in [5.74, 6) is 0.978. The summed E-state index contributed by atoms with van der Waals surface area (Å²) < 4.78 is 5.39. The number of methoxy groups -OCH3 is 1. The van der Waals surface area contributed by atoms with Gasteiger partial charge in [0, 0.05) is 12.0 Å². The Labute approximate surface area is 105 Å². The molecule has 0 radical (unpaired) electrons. The van der Waals surface area contributed by atoms with Crippen molar-refractivity contribution in [2.45, 2.75) is 39.5 Å². The first kappa shape index (κ1) is 14.0. The number of ether oxygens (including phenoxy) is 1. The molecule has 1 rings (SSSR count). The highest BCUT2D eigenvalue weighted by Gasteiger charge is 2.20. The summed E-state index contributed by atoms with van der Waals surface area (Å²) in [5.41, 5.74) is 2.65. The zero-order valence-corrected chi connectivity index (χ0v) is 11.8. The molecule has 0 bridgehead atoms. The summed E-state index contributed by atoms with van der Waals surface area (Å²) in [7, 11) is 1.73. The Kier molecular flexibility index (Phi) is 5.01. The van der Waals surface area contributed by atoms with Gasteiger partial charge in [0.25, 0.3) is 0 Å². The van der Waals surface area contributed by atoms with Crippen LogP contribution < -0.4 is 10.1 Å². The Morgan fingerprint density at radius 1 is 1.29 bits per heavy atom. The Hall–Kier alpha value is -1.02. The molecule has 2 heteroatoms. The average molecular weight is 235 g/mol. The van der Waals surface area contributed by atoms with Crippen molar-refractivity contribution in [1.29, 1.82) is 0 Å². The lowest BCUT2D eigenvalue weighted by Gasteiger charge is -2.26. The summed E-state index contributed by atoms with van der Waals surface area (Å²) in [6.45, 7) is 10.9. The highest BCUT2D eigenvalue weighted by Crippen LogP contribution is 2.28. The molecule has 0 spiro atoms. The third-order valence-electron chi connectivity index (χ3n) is 3.18. The van der Waals surface area contributed by atoms with Gasteiger partial charge in [-0.1, -0.05) is 32.9 Å². The number of benzene rings is 1. The molecule has 0 aromatic heterocycles. The van der Waals surface area contributed by atoms with Crippen LogP contribution in [0, 0.1) is 6.92 Å². The third kappa shape index (κ3) is 3.74. The fourth-order valence-electron chi connectivity index (χ4n) is 1.92.